The predicted octanol–water partition coefficient (Wildman–Crippen LogP) is 2.70. The van der Waals surface area contributed by atoms with Gasteiger partial charge in [0.2, 0.25) is 5.75 Å². The minimum absolute atomic E-state index is 0.000448. The van der Waals surface area contributed by atoms with Gasteiger partial charge < -0.3 is 9.47 Å². The molecule has 0 aliphatic rings. The van der Waals surface area contributed by atoms with Crippen LogP contribution in [0.3, 0.4) is 0 Å². The fraction of sp³-hybridized carbons (Fsp3) is 0.235. The van der Waals surface area contributed by atoms with Gasteiger partial charge in [0.1, 0.15) is 0 Å². The maximum atomic E-state index is 12.1. The van der Waals surface area contributed by atoms with Crippen LogP contribution in [-0.2, 0) is 10.0 Å². The van der Waals surface area contributed by atoms with Crippen LogP contribution in [0.25, 0.3) is 0 Å². The van der Waals surface area contributed by atoms with Crippen molar-refractivity contribution in [3.63, 3.8) is 0 Å². The molecule has 9 nitrogen and oxygen atoms in total. The third-order valence-electron chi connectivity index (χ3n) is 3.27. The van der Waals surface area contributed by atoms with E-state index in [1.165, 1.54) is 31.4 Å². The van der Waals surface area contributed by atoms with Gasteiger partial charge in [-0.3, -0.25) is 10.1 Å². The van der Waals surface area contributed by atoms with E-state index in [1.807, 2.05) is 0 Å². The molecule has 0 radical (unpaired) electrons. The number of nitrogens with zero attached hydrogens (tertiary/aromatic N) is 2. The number of nitro groups is 1. The van der Waals surface area contributed by atoms with Crippen molar-refractivity contribution in [2.45, 2.75) is 24.8 Å². The van der Waals surface area contributed by atoms with Crippen LogP contribution in [0.1, 0.15) is 19.4 Å². The Morgan fingerprint density at radius 1 is 1.22 bits per heavy atom. The van der Waals surface area contributed by atoms with Crippen LogP contribution in [0.5, 0.6) is 11.5 Å². The molecular formula is C17H19N3O6S. The Morgan fingerprint density at radius 2 is 1.89 bits per heavy atom. The van der Waals surface area contributed by atoms with E-state index in [1.54, 1.807) is 32.0 Å². The Labute approximate surface area is 156 Å². The molecule has 10 heteroatoms. The molecule has 2 rings (SSSR count). The summed E-state index contributed by atoms with van der Waals surface area (Å²) >= 11 is 0. The first kappa shape index (κ1) is 20.2. The van der Waals surface area contributed by atoms with Crippen LogP contribution in [0.4, 0.5) is 5.69 Å². The highest BCUT2D eigenvalue weighted by molar-refractivity contribution is 7.89. The lowest BCUT2D eigenvalue weighted by Gasteiger charge is -2.14. The Morgan fingerprint density at radius 3 is 2.44 bits per heavy atom. The first-order valence-electron chi connectivity index (χ1n) is 7.87. The van der Waals surface area contributed by atoms with Crippen LogP contribution in [0, 0.1) is 10.1 Å². The number of nitro benzene ring substituents is 1. The van der Waals surface area contributed by atoms with E-state index >= 15 is 0 Å². The zero-order valence-electron chi connectivity index (χ0n) is 14.9. The van der Waals surface area contributed by atoms with E-state index in [0.29, 0.717) is 0 Å². The van der Waals surface area contributed by atoms with Crippen molar-refractivity contribution in [1.29, 1.82) is 0 Å². The van der Waals surface area contributed by atoms with Crippen molar-refractivity contribution in [2.24, 2.45) is 5.10 Å². The number of hydrogen-bond acceptors (Lipinski definition) is 7. The van der Waals surface area contributed by atoms with Crippen molar-refractivity contribution in [3.8, 4) is 11.5 Å². The molecule has 0 heterocycles. The van der Waals surface area contributed by atoms with Gasteiger partial charge in [-0.15, -0.1) is 0 Å². The lowest BCUT2D eigenvalue weighted by atomic mass is 10.2. The van der Waals surface area contributed by atoms with Gasteiger partial charge in [0.05, 0.1) is 29.2 Å². The van der Waals surface area contributed by atoms with E-state index in [4.69, 9.17) is 9.47 Å². The van der Waals surface area contributed by atoms with Gasteiger partial charge in [-0.05, 0) is 32.0 Å². The molecule has 2 aromatic carbocycles. The summed E-state index contributed by atoms with van der Waals surface area (Å²) in [5, 5.41) is 15.0. The summed E-state index contributed by atoms with van der Waals surface area (Å²) in [4.78, 5) is 12.9. The van der Waals surface area contributed by atoms with Gasteiger partial charge >= 0.3 is 5.69 Å². The molecule has 0 saturated carbocycles. The Kier molecular flexibility index (Phi) is 6.35. The average molecular weight is 393 g/mol. The second-order valence-electron chi connectivity index (χ2n) is 5.66. The lowest BCUT2D eigenvalue weighted by molar-refractivity contribution is -0.386. The number of nitrogens with one attached hydrogen (secondary N) is 1. The Bertz CT molecular complexity index is 943. The molecule has 144 valence electrons. The Hall–Kier alpha value is -3.14. The molecule has 1 N–H and O–H groups in total. The summed E-state index contributed by atoms with van der Waals surface area (Å²) in [5.41, 5.74) is -0.0409. The monoisotopic (exact) mass is 393 g/mol. The van der Waals surface area contributed by atoms with Crippen molar-refractivity contribution < 1.29 is 22.8 Å². The highest BCUT2D eigenvalue weighted by Crippen LogP contribution is 2.38. The number of sulfonamides is 1. The number of benzene rings is 2. The minimum Gasteiger partial charge on any atom is -0.493 e. The molecule has 0 fully saturated rings. The number of ether oxygens (including phenoxy) is 2. The molecule has 27 heavy (non-hydrogen) atoms. The fourth-order valence-corrected chi connectivity index (χ4v) is 2.96. The fourth-order valence-electron chi connectivity index (χ4n) is 2.15. The van der Waals surface area contributed by atoms with Gasteiger partial charge in [0.25, 0.3) is 10.0 Å². The molecule has 2 aromatic rings. The molecule has 0 atom stereocenters. The smallest absolute Gasteiger partial charge is 0.315 e. The minimum atomic E-state index is -3.83. The first-order chi connectivity index (χ1) is 12.7. The maximum absolute atomic E-state index is 12.1. The standard InChI is InChI=1S/C17H19N3O6S/c1-12(2)26-17-15(20(21)22)9-13(10-16(17)25-3)11-18-19-27(23,24)14-7-5-4-6-8-14/h4-12,19H,1-3H3/b18-11+. The normalized spacial score (nSPS) is 11.6. The second kappa shape index (κ2) is 8.49. The molecule has 0 bridgehead atoms. The number of methoxy groups -OCH3 is 1. The molecule has 0 saturated heterocycles. The topological polar surface area (TPSA) is 120 Å². The highest BCUT2D eigenvalue weighted by Gasteiger charge is 2.23. The van der Waals surface area contributed by atoms with Gasteiger partial charge in [0.15, 0.2) is 5.75 Å². The van der Waals surface area contributed by atoms with Crippen LogP contribution < -0.4 is 14.3 Å². The number of rotatable bonds is 8. The molecule has 0 amide bonds. The molecule has 0 aromatic heterocycles. The number of hydrogen-bond donors (Lipinski definition) is 1. The van der Waals surface area contributed by atoms with E-state index in [9.17, 15) is 18.5 Å². The summed E-state index contributed by atoms with van der Waals surface area (Å²) in [6.07, 6.45) is 0.851. The quantitative estimate of drug-likeness (QED) is 0.418. The van der Waals surface area contributed by atoms with Gasteiger partial charge in [-0.1, -0.05) is 18.2 Å². The van der Waals surface area contributed by atoms with Crippen LogP contribution >= 0.6 is 0 Å². The zero-order valence-corrected chi connectivity index (χ0v) is 15.8. The number of hydrazone groups is 1. The molecule has 0 aliphatic heterocycles. The van der Waals surface area contributed by atoms with Crippen LogP contribution in [0.15, 0.2) is 52.5 Å². The molecular weight excluding hydrogens is 374 g/mol. The van der Waals surface area contributed by atoms with Gasteiger partial charge in [-0.2, -0.15) is 13.5 Å². The van der Waals surface area contributed by atoms with E-state index in [-0.39, 0.29) is 33.7 Å². The summed E-state index contributed by atoms with van der Waals surface area (Å²) in [5.74, 6) is 0.143. The van der Waals surface area contributed by atoms with E-state index in [0.717, 1.165) is 6.21 Å². The van der Waals surface area contributed by atoms with Crippen molar-refractivity contribution in [1.82, 2.24) is 4.83 Å². The summed E-state index contributed by atoms with van der Waals surface area (Å²) < 4.78 is 34.9. The molecule has 0 aliphatic carbocycles. The largest absolute Gasteiger partial charge is 0.493 e. The zero-order chi connectivity index (χ0) is 20.0. The summed E-state index contributed by atoms with van der Waals surface area (Å²) in [6.45, 7) is 3.47. The maximum Gasteiger partial charge on any atom is 0.315 e. The van der Waals surface area contributed by atoms with Crippen molar-refractivity contribution in [2.75, 3.05) is 7.11 Å². The molecule has 0 unspecified atom stereocenters. The van der Waals surface area contributed by atoms with Gasteiger partial charge in [-0.25, -0.2) is 4.83 Å². The Balaban J connectivity index is 2.32. The lowest BCUT2D eigenvalue weighted by Crippen LogP contribution is -2.18. The van der Waals surface area contributed by atoms with Crippen LogP contribution in [0.2, 0.25) is 0 Å². The third kappa shape index (κ3) is 5.17. The first-order valence-corrected chi connectivity index (χ1v) is 9.36. The summed E-state index contributed by atoms with van der Waals surface area (Å²) in [6, 6.07) is 10.4. The average Bonchev–Trinajstić information content (AvgIpc) is 2.62. The summed E-state index contributed by atoms with van der Waals surface area (Å²) in [7, 11) is -2.48. The van der Waals surface area contributed by atoms with Crippen LogP contribution in [-0.4, -0.2) is 32.8 Å². The SMILES string of the molecule is COc1cc(/C=N/NS(=O)(=O)c2ccccc2)cc([N+](=O)[O-])c1OC(C)C. The van der Waals surface area contributed by atoms with Gasteiger partial charge in [0, 0.05) is 11.6 Å². The van der Waals surface area contributed by atoms with Crippen molar-refractivity contribution >= 4 is 21.9 Å². The van der Waals surface area contributed by atoms with E-state index in [2.05, 4.69) is 9.93 Å². The predicted molar refractivity (Wildman–Crippen MR) is 99.8 cm³/mol. The molecule has 0 spiro atoms. The highest BCUT2D eigenvalue weighted by atomic mass is 32.2. The second-order valence-corrected chi connectivity index (χ2v) is 7.32. The van der Waals surface area contributed by atoms with E-state index < -0.39 is 14.9 Å². The van der Waals surface area contributed by atoms with Crippen molar-refractivity contribution in [3.05, 3.63) is 58.1 Å². The third-order valence-corrected chi connectivity index (χ3v) is 4.51.